The van der Waals surface area contributed by atoms with Crippen molar-refractivity contribution in [3.63, 3.8) is 0 Å². The van der Waals surface area contributed by atoms with Crippen LogP contribution in [0.25, 0.3) is 0 Å². The average molecular weight is 284 g/mol. The molecule has 19 heavy (non-hydrogen) atoms. The molecular formula is C13H20O5Si. The summed E-state index contributed by atoms with van der Waals surface area (Å²) < 4.78 is 20.7. The molecule has 0 N–H and O–H groups in total. The molecule has 0 atom stereocenters. The van der Waals surface area contributed by atoms with Gasteiger partial charge in [0.2, 0.25) is 0 Å². The van der Waals surface area contributed by atoms with Gasteiger partial charge in [-0.25, -0.2) is 4.79 Å². The highest BCUT2D eigenvalue weighted by molar-refractivity contribution is 6.60. The molecular weight excluding hydrogens is 264 g/mol. The summed E-state index contributed by atoms with van der Waals surface area (Å²) >= 11 is 0. The Bertz CT molecular complexity index is 392. The first kappa shape index (κ1) is 15.8. The van der Waals surface area contributed by atoms with Crippen LogP contribution in [0.5, 0.6) is 0 Å². The number of methoxy groups -OCH3 is 1. The molecule has 106 valence electrons. The van der Waals surface area contributed by atoms with Gasteiger partial charge < -0.3 is 18.0 Å². The van der Waals surface area contributed by atoms with E-state index >= 15 is 0 Å². The molecule has 0 saturated carbocycles. The summed E-state index contributed by atoms with van der Waals surface area (Å²) in [7, 11) is 3.62. The lowest BCUT2D eigenvalue weighted by Gasteiger charge is -2.24. The van der Waals surface area contributed by atoms with Crippen LogP contribution in [0, 0.1) is 0 Å². The van der Waals surface area contributed by atoms with Gasteiger partial charge in [0.05, 0.1) is 12.7 Å². The van der Waals surface area contributed by atoms with Crippen molar-refractivity contribution in [1.82, 2.24) is 0 Å². The zero-order valence-electron chi connectivity index (χ0n) is 11.8. The SMILES string of the molecule is COC(=O)c1ccc(CC[Si](OC)(OC)OC)cc1. The zero-order valence-corrected chi connectivity index (χ0v) is 12.8. The molecule has 0 fully saturated rings. The lowest BCUT2D eigenvalue weighted by atomic mass is 10.1. The summed E-state index contributed by atoms with van der Waals surface area (Å²) in [6.07, 6.45) is 0.767. The monoisotopic (exact) mass is 284 g/mol. The number of hydrogen-bond acceptors (Lipinski definition) is 5. The number of hydrogen-bond donors (Lipinski definition) is 0. The molecule has 0 spiro atoms. The molecule has 5 nitrogen and oxygen atoms in total. The Kier molecular flexibility index (Phi) is 6.17. The fraction of sp³-hybridized carbons (Fsp3) is 0.462. The van der Waals surface area contributed by atoms with Crippen molar-refractivity contribution in [3.8, 4) is 0 Å². The van der Waals surface area contributed by atoms with Crippen molar-refractivity contribution >= 4 is 14.8 Å². The van der Waals surface area contributed by atoms with Gasteiger partial charge in [0.15, 0.2) is 0 Å². The van der Waals surface area contributed by atoms with Gasteiger partial charge >= 0.3 is 14.8 Å². The Morgan fingerprint density at radius 1 is 1.00 bits per heavy atom. The van der Waals surface area contributed by atoms with E-state index in [1.54, 1.807) is 33.5 Å². The number of aryl methyl sites for hydroxylation is 1. The highest BCUT2D eigenvalue weighted by Crippen LogP contribution is 2.17. The minimum absolute atomic E-state index is 0.332. The first-order valence-electron chi connectivity index (χ1n) is 5.93. The van der Waals surface area contributed by atoms with E-state index in [9.17, 15) is 4.79 Å². The van der Waals surface area contributed by atoms with E-state index in [2.05, 4.69) is 4.74 Å². The maximum Gasteiger partial charge on any atom is 0.500 e. The van der Waals surface area contributed by atoms with Crippen molar-refractivity contribution < 1.29 is 22.8 Å². The smallest absolute Gasteiger partial charge is 0.465 e. The van der Waals surface area contributed by atoms with Crippen LogP contribution in [0.1, 0.15) is 15.9 Å². The molecule has 0 saturated heterocycles. The number of benzene rings is 1. The molecule has 0 heterocycles. The van der Waals surface area contributed by atoms with Crippen LogP contribution in [0.2, 0.25) is 6.04 Å². The summed E-state index contributed by atoms with van der Waals surface area (Å²) in [6.45, 7) is 0. The van der Waals surface area contributed by atoms with Crippen molar-refractivity contribution in [2.75, 3.05) is 28.4 Å². The molecule has 0 unspecified atom stereocenters. The third-order valence-electron chi connectivity index (χ3n) is 3.03. The normalized spacial score (nSPS) is 11.4. The van der Waals surface area contributed by atoms with E-state index < -0.39 is 8.80 Å². The van der Waals surface area contributed by atoms with Crippen LogP contribution in [-0.4, -0.2) is 43.2 Å². The second-order valence-corrected chi connectivity index (χ2v) is 7.07. The molecule has 0 aromatic heterocycles. The molecule has 0 amide bonds. The number of ether oxygens (including phenoxy) is 1. The standard InChI is InChI=1S/C13H20O5Si/c1-15-13(14)12-7-5-11(6-8-12)9-10-19(16-2,17-3)18-4/h5-8H,9-10H2,1-4H3. The minimum atomic E-state index is -2.53. The van der Waals surface area contributed by atoms with E-state index in [1.165, 1.54) is 7.11 Å². The Balaban J connectivity index is 2.66. The molecule has 1 rings (SSSR count). The summed E-state index contributed by atoms with van der Waals surface area (Å²) in [4.78, 5) is 11.3. The lowest BCUT2D eigenvalue weighted by Crippen LogP contribution is -2.43. The van der Waals surface area contributed by atoms with Gasteiger partial charge in [-0.3, -0.25) is 0 Å². The van der Waals surface area contributed by atoms with Gasteiger partial charge in [-0.2, -0.15) is 0 Å². The lowest BCUT2D eigenvalue weighted by molar-refractivity contribution is 0.0600. The van der Waals surface area contributed by atoms with Crippen molar-refractivity contribution in [2.24, 2.45) is 0 Å². The zero-order chi connectivity index (χ0) is 14.3. The van der Waals surface area contributed by atoms with Gasteiger partial charge in [0.25, 0.3) is 0 Å². The molecule has 0 aliphatic rings. The first-order chi connectivity index (χ1) is 9.10. The maximum atomic E-state index is 11.3. The second-order valence-electron chi connectivity index (χ2n) is 3.98. The number of carbonyl (C=O) groups excluding carboxylic acids is 1. The van der Waals surface area contributed by atoms with E-state index in [0.29, 0.717) is 11.6 Å². The number of carbonyl (C=O) groups is 1. The Hall–Kier alpha value is -1.21. The fourth-order valence-corrected chi connectivity index (χ4v) is 3.49. The predicted molar refractivity (Wildman–Crippen MR) is 73.1 cm³/mol. The molecule has 1 aromatic carbocycles. The summed E-state index contributed by atoms with van der Waals surface area (Å²) in [5.41, 5.74) is 1.63. The van der Waals surface area contributed by atoms with Crippen molar-refractivity contribution in [1.29, 1.82) is 0 Å². The summed E-state index contributed by atoms with van der Waals surface area (Å²) in [6, 6.07) is 7.97. The summed E-state index contributed by atoms with van der Waals surface area (Å²) in [5.74, 6) is -0.332. The molecule has 0 aliphatic carbocycles. The highest BCUT2D eigenvalue weighted by atomic mass is 28.4. The first-order valence-corrected chi connectivity index (χ1v) is 7.86. The van der Waals surface area contributed by atoms with Crippen LogP contribution in [0.4, 0.5) is 0 Å². The van der Waals surface area contributed by atoms with Gasteiger partial charge in [0.1, 0.15) is 0 Å². The predicted octanol–water partition coefficient (Wildman–Crippen LogP) is 1.89. The maximum absolute atomic E-state index is 11.3. The van der Waals surface area contributed by atoms with E-state index in [0.717, 1.165) is 12.0 Å². The van der Waals surface area contributed by atoms with Crippen molar-refractivity contribution in [3.05, 3.63) is 35.4 Å². The van der Waals surface area contributed by atoms with E-state index in [4.69, 9.17) is 13.3 Å². The number of esters is 1. The third kappa shape index (κ3) is 4.14. The third-order valence-corrected chi connectivity index (χ3v) is 5.76. The largest absolute Gasteiger partial charge is 0.500 e. The van der Waals surface area contributed by atoms with Crippen LogP contribution in [0.3, 0.4) is 0 Å². The van der Waals surface area contributed by atoms with Gasteiger partial charge in [-0.05, 0) is 24.1 Å². The molecule has 0 aliphatic heterocycles. The Morgan fingerprint density at radius 3 is 1.95 bits per heavy atom. The van der Waals surface area contributed by atoms with E-state index in [1.807, 2.05) is 12.1 Å². The van der Waals surface area contributed by atoms with Crippen molar-refractivity contribution in [2.45, 2.75) is 12.5 Å². The molecule has 6 heteroatoms. The summed E-state index contributed by atoms with van der Waals surface area (Å²) in [5, 5.41) is 0. The van der Waals surface area contributed by atoms with Crippen LogP contribution < -0.4 is 0 Å². The van der Waals surface area contributed by atoms with Crippen LogP contribution in [0.15, 0.2) is 24.3 Å². The average Bonchev–Trinajstić information content (AvgIpc) is 2.49. The van der Waals surface area contributed by atoms with Gasteiger partial charge in [-0.15, -0.1) is 0 Å². The highest BCUT2D eigenvalue weighted by Gasteiger charge is 2.37. The van der Waals surface area contributed by atoms with Gasteiger partial charge in [-0.1, -0.05) is 12.1 Å². The molecule has 1 aromatic rings. The Labute approximate surface area is 114 Å². The fourth-order valence-electron chi connectivity index (χ4n) is 1.78. The number of rotatable bonds is 7. The molecule has 0 radical (unpaired) electrons. The van der Waals surface area contributed by atoms with Crippen LogP contribution in [-0.2, 0) is 24.4 Å². The Morgan fingerprint density at radius 2 is 1.53 bits per heavy atom. The topological polar surface area (TPSA) is 54.0 Å². The second kappa shape index (κ2) is 7.39. The molecule has 0 bridgehead atoms. The van der Waals surface area contributed by atoms with Crippen LogP contribution >= 0.6 is 0 Å². The van der Waals surface area contributed by atoms with E-state index in [-0.39, 0.29) is 5.97 Å². The van der Waals surface area contributed by atoms with Gasteiger partial charge in [0, 0.05) is 27.4 Å². The quantitative estimate of drug-likeness (QED) is 0.565. The minimum Gasteiger partial charge on any atom is -0.465 e.